The summed E-state index contributed by atoms with van der Waals surface area (Å²) in [6, 6.07) is 8.76. The fraction of sp³-hybridized carbons (Fsp3) is 0.263. The van der Waals surface area contributed by atoms with Crippen molar-refractivity contribution in [3.8, 4) is 11.5 Å². The summed E-state index contributed by atoms with van der Waals surface area (Å²) in [5.41, 5.74) is 3.16. The van der Waals surface area contributed by atoms with Crippen LogP contribution in [0.2, 0.25) is 5.02 Å². The molecule has 2 aromatic rings. The van der Waals surface area contributed by atoms with Crippen molar-refractivity contribution in [1.82, 2.24) is 4.90 Å². The van der Waals surface area contributed by atoms with Gasteiger partial charge in [0.25, 0.3) is 5.91 Å². The van der Waals surface area contributed by atoms with Crippen molar-refractivity contribution >= 4 is 29.1 Å². The number of carbonyl (C=O) groups is 2. The minimum atomic E-state index is -0.332. The van der Waals surface area contributed by atoms with Crippen LogP contribution in [0.25, 0.3) is 0 Å². The van der Waals surface area contributed by atoms with E-state index in [2.05, 4.69) is 5.32 Å². The van der Waals surface area contributed by atoms with Crippen LogP contribution in [-0.4, -0.2) is 37.1 Å². The molecule has 1 heterocycles. The topological polar surface area (TPSA) is 67.9 Å². The molecule has 2 aromatic carbocycles. The number of halogens is 1. The van der Waals surface area contributed by atoms with Gasteiger partial charge in [0.1, 0.15) is 0 Å². The van der Waals surface area contributed by atoms with Gasteiger partial charge in [-0.15, -0.1) is 0 Å². The monoisotopic (exact) mass is 374 g/mol. The first-order valence-corrected chi connectivity index (χ1v) is 8.45. The molecule has 26 heavy (non-hydrogen) atoms. The van der Waals surface area contributed by atoms with E-state index in [0.29, 0.717) is 22.1 Å². The SMILES string of the molecule is Cc1cccc(NC(=O)CN(C)C(=O)c2cc(Cl)c3c(c2)OCO3)c1C. The van der Waals surface area contributed by atoms with Crippen molar-refractivity contribution in [2.75, 3.05) is 25.7 Å². The normalized spacial score (nSPS) is 12.0. The van der Waals surface area contributed by atoms with E-state index in [4.69, 9.17) is 21.1 Å². The number of benzene rings is 2. The third-order valence-corrected chi connectivity index (χ3v) is 4.56. The molecule has 1 N–H and O–H groups in total. The summed E-state index contributed by atoms with van der Waals surface area (Å²) in [6.45, 7) is 3.90. The maximum atomic E-state index is 12.6. The molecule has 0 aromatic heterocycles. The Kier molecular flexibility index (Phi) is 5.04. The molecule has 0 fully saturated rings. The van der Waals surface area contributed by atoms with E-state index in [1.165, 1.54) is 11.0 Å². The first-order valence-electron chi connectivity index (χ1n) is 8.07. The number of anilines is 1. The van der Waals surface area contributed by atoms with Crippen LogP contribution in [0.5, 0.6) is 11.5 Å². The molecule has 2 amide bonds. The highest BCUT2D eigenvalue weighted by molar-refractivity contribution is 6.32. The lowest BCUT2D eigenvalue weighted by molar-refractivity contribution is -0.116. The predicted octanol–water partition coefficient (Wildman–Crippen LogP) is 3.40. The molecular formula is C19H19ClN2O4. The second-order valence-electron chi connectivity index (χ2n) is 6.15. The first kappa shape index (κ1) is 18.1. The summed E-state index contributed by atoms with van der Waals surface area (Å²) < 4.78 is 10.5. The first-order chi connectivity index (χ1) is 12.4. The highest BCUT2D eigenvalue weighted by Gasteiger charge is 2.23. The molecule has 0 saturated heterocycles. The predicted molar refractivity (Wildman–Crippen MR) is 99.1 cm³/mol. The molecule has 0 radical (unpaired) electrons. The number of nitrogens with one attached hydrogen (secondary N) is 1. The third kappa shape index (κ3) is 3.60. The minimum absolute atomic E-state index is 0.0702. The summed E-state index contributed by atoms with van der Waals surface area (Å²) in [6.07, 6.45) is 0. The van der Waals surface area contributed by atoms with Gasteiger partial charge in [0.2, 0.25) is 12.7 Å². The molecule has 0 aliphatic carbocycles. The molecule has 0 atom stereocenters. The molecular weight excluding hydrogens is 356 g/mol. The van der Waals surface area contributed by atoms with E-state index in [1.807, 2.05) is 32.0 Å². The number of amides is 2. The molecule has 0 bridgehead atoms. The van der Waals surface area contributed by atoms with Crippen LogP contribution in [0.3, 0.4) is 0 Å². The Bertz CT molecular complexity index is 882. The lowest BCUT2D eigenvalue weighted by Crippen LogP contribution is -2.35. The van der Waals surface area contributed by atoms with Crippen molar-refractivity contribution in [3.05, 3.63) is 52.0 Å². The molecule has 136 valence electrons. The van der Waals surface area contributed by atoms with Crippen LogP contribution in [0.4, 0.5) is 5.69 Å². The van der Waals surface area contributed by atoms with Crippen molar-refractivity contribution in [2.45, 2.75) is 13.8 Å². The van der Waals surface area contributed by atoms with E-state index in [1.54, 1.807) is 13.1 Å². The Morgan fingerprint density at radius 1 is 1.23 bits per heavy atom. The fourth-order valence-corrected chi connectivity index (χ4v) is 2.94. The Balaban J connectivity index is 1.68. The van der Waals surface area contributed by atoms with Crippen LogP contribution in [-0.2, 0) is 4.79 Å². The Labute approximate surface area is 156 Å². The average molecular weight is 375 g/mol. The lowest BCUT2D eigenvalue weighted by atomic mass is 10.1. The average Bonchev–Trinajstić information content (AvgIpc) is 3.07. The fourth-order valence-electron chi connectivity index (χ4n) is 2.67. The van der Waals surface area contributed by atoms with Gasteiger partial charge in [-0.3, -0.25) is 9.59 Å². The molecule has 6 nitrogen and oxygen atoms in total. The number of aryl methyl sites for hydroxylation is 1. The van der Waals surface area contributed by atoms with Crippen LogP contribution in [0, 0.1) is 13.8 Å². The van der Waals surface area contributed by atoms with Crippen LogP contribution < -0.4 is 14.8 Å². The molecule has 1 aliphatic heterocycles. The van der Waals surface area contributed by atoms with Crippen LogP contribution >= 0.6 is 11.6 Å². The summed E-state index contributed by atoms with van der Waals surface area (Å²) >= 11 is 6.11. The van der Waals surface area contributed by atoms with Crippen molar-refractivity contribution < 1.29 is 19.1 Å². The maximum Gasteiger partial charge on any atom is 0.254 e. The van der Waals surface area contributed by atoms with Gasteiger partial charge in [0, 0.05) is 18.3 Å². The molecule has 0 spiro atoms. The number of hydrogen-bond donors (Lipinski definition) is 1. The lowest BCUT2D eigenvalue weighted by Gasteiger charge is -2.18. The molecule has 3 rings (SSSR count). The Morgan fingerprint density at radius 2 is 2.00 bits per heavy atom. The van der Waals surface area contributed by atoms with E-state index >= 15 is 0 Å². The third-order valence-electron chi connectivity index (χ3n) is 4.28. The maximum absolute atomic E-state index is 12.6. The van der Waals surface area contributed by atoms with Gasteiger partial charge < -0.3 is 19.7 Å². The van der Waals surface area contributed by atoms with Gasteiger partial charge in [0.15, 0.2) is 11.5 Å². The zero-order valence-corrected chi connectivity index (χ0v) is 15.5. The van der Waals surface area contributed by atoms with Crippen molar-refractivity contribution in [2.24, 2.45) is 0 Å². The van der Waals surface area contributed by atoms with E-state index in [9.17, 15) is 9.59 Å². The van der Waals surface area contributed by atoms with E-state index in [0.717, 1.165) is 16.8 Å². The zero-order valence-electron chi connectivity index (χ0n) is 14.8. The minimum Gasteiger partial charge on any atom is -0.454 e. The van der Waals surface area contributed by atoms with Gasteiger partial charge in [-0.05, 0) is 43.2 Å². The van der Waals surface area contributed by atoms with E-state index < -0.39 is 0 Å². The zero-order chi connectivity index (χ0) is 18.8. The summed E-state index contributed by atoms with van der Waals surface area (Å²) in [5, 5.41) is 3.14. The smallest absolute Gasteiger partial charge is 0.254 e. The standard InChI is InChI=1S/C19H19ClN2O4/c1-11-5-4-6-15(12(11)2)21-17(23)9-22(3)19(24)13-7-14(20)18-16(8-13)25-10-26-18/h4-8H,9-10H2,1-3H3,(H,21,23). The number of nitrogens with zero attached hydrogens (tertiary/aromatic N) is 1. The second kappa shape index (κ2) is 7.25. The highest BCUT2D eigenvalue weighted by Crippen LogP contribution is 2.39. The Morgan fingerprint density at radius 3 is 2.77 bits per heavy atom. The Hall–Kier alpha value is -2.73. The number of rotatable bonds is 4. The van der Waals surface area contributed by atoms with Gasteiger partial charge in [-0.25, -0.2) is 0 Å². The molecule has 7 heteroatoms. The largest absolute Gasteiger partial charge is 0.454 e. The quantitative estimate of drug-likeness (QED) is 0.890. The van der Waals surface area contributed by atoms with Crippen molar-refractivity contribution in [1.29, 1.82) is 0 Å². The molecule has 0 saturated carbocycles. The van der Waals surface area contributed by atoms with Gasteiger partial charge in [0.05, 0.1) is 11.6 Å². The van der Waals surface area contributed by atoms with Crippen LogP contribution in [0.15, 0.2) is 30.3 Å². The molecule has 1 aliphatic rings. The van der Waals surface area contributed by atoms with Gasteiger partial charge in [-0.2, -0.15) is 0 Å². The number of hydrogen-bond acceptors (Lipinski definition) is 4. The number of carbonyl (C=O) groups excluding carboxylic acids is 2. The van der Waals surface area contributed by atoms with E-state index in [-0.39, 0.29) is 25.2 Å². The number of ether oxygens (including phenoxy) is 2. The van der Waals surface area contributed by atoms with Crippen molar-refractivity contribution in [3.63, 3.8) is 0 Å². The van der Waals surface area contributed by atoms with Gasteiger partial charge >= 0.3 is 0 Å². The summed E-state index contributed by atoms with van der Waals surface area (Å²) in [7, 11) is 1.56. The molecule has 0 unspecified atom stereocenters. The summed E-state index contributed by atoms with van der Waals surface area (Å²) in [4.78, 5) is 26.2. The van der Waals surface area contributed by atoms with Gasteiger partial charge in [-0.1, -0.05) is 23.7 Å². The highest BCUT2D eigenvalue weighted by atomic mass is 35.5. The number of fused-ring (bicyclic) bond motifs is 1. The second-order valence-corrected chi connectivity index (χ2v) is 6.56. The van der Waals surface area contributed by atoms with Crippen LogP contribution in [0.1, 0.15) is 21.5 Å². The summed E-state index contributed by atoms with van der Waals surface area (Å²) in [5.74, 6) is 0.246. The number of likely N-dealkylation sites (N-methyl/N-ethyl adjacent to an activating group) is 1.